The second kappa shape index (κ2) is 2.81. The Morgan fingerprint density at radius 2 is 2.25 bits per heavy atom. The van der Waals surface area contributed by atoms with Crippen molar-refractivity contribution in [1.29, 1.82) is 0 Å². The van der Waals surface area contributed by atoms with Crippen LogP contribution in [0.4, 0.5) is 0 Å². The van der Waals surface area contributed by atoms with Crippen molar-refractivity contribution in [3.05, 3.63) is 29.3 Å². The molecule has 0 bridgehead atoms. The van der Waals surface area contributed by atoms with Gasteiger partial charge in [0.25, 0.3) is 0 Å². The minimum Gasteiger partial charge on any atom is -0.493 e. The number of hydrogen-bond donors (Lipinski definition) is 0. The summed E-state index contributed by atoms with van der Waals surface area (Å²) >= 11 is 0. The lowest BCUT2D eigenvalue weighted by Crippen LogP contribution is -2.17. The summed E-state index contributed by atoms with van der Waals surface area (Å²) in [7, 11) is 0. The minimum atomic E-state index is 0.666. The molecule has 1 atom stereocenters. The maximum absolute atomic E-state index is 5.59. The van der Waals surface area contributed by atoms with Gasteiger partial charge in [-0.15, -0.1) is 0 Å². The van der Waals surface area contributed by atoms with Gasteiger partial charge in [0.1, 0.15) is 5.75 Å². The highest BCUT2D eigenvalue weighted by molar-refractivity contribution is 5.38. The largest absolute Gasteiger partial charge is 0.493 e. The standard InChI is InChI=1S/C11H14O/c1-8-3-4-11-10(5-8)6-9(2)7-12-11/h3-5,9H,6-7H2,1-2H3/t9-/m1/s1. The monoisotopic (exact) mass is 162 g/mol. The van der Waals surface area contributed by atoms with Crippen molar-refractivity contribution < 1.29 is 4.74 Å². The molecule has 1 heterocycles. The molecule has 0 amide bonds. The molecule has 0 aromatic heterocycles. The van der Waals surface area contributed by atoms with Crippen LogP contribution in [0.3, 0.4) is 0 Å². The van der Waals surface area contributed by atoms with Gasteiger partial charge in [-0.2, -0.15) is 0 Å². The lowest BCUT2D eigenvalue weighted by Gasteiger charge is -2.22. The summed E-state index contributed by atoms with van der Waals surface area (Å²) in [5, 5.41) is 0. The Labute approximate surface area is 73.4 Å². The van der Waals surface area contributed by atoms with E-state index in [4.69, 9.17) is 4.74 Å². The minimum absolute atomic E-state index is 0.666. The molecule has 64 valence electrons. The summed E-state index contributed by atoms with van der Waals surface area (Å²) in [4.78, 5) is 0. The molecule has 0 unspecified atom stereocenters. The number of ether oxygens (including phenoxy) is 1. The van der Waals surface area contributed by atoms with Crippen LogP contribution in [-0.2, 0) is 6.42 Å². The molecule has 0 radical (unpaired) electrons. The first-order valence-electron chi connectivity index (χ1n) is 4.48. The second-order valence-electron chi connectivity index (χ2n) is 3.73. The number of benzene rings is 1. The van der Waals surface area contributed by atoms with Gasteiger partial charge in [-0.3, -0.25) is 0 Å². The molecule has 1 aromatic rings. The van der Waals surface area contributed by atoms with Crippen LogP contribution >= 0.6 is 0 Å². The molecule has 12 heavy (non-hydrogen) atoms. The Bertz CT molecular complexity index is 291. The van der Waals surface area contributed by atoms with Crippen molar-refractivity contribution in [3.63, 3.8) is 0 Å². The molecule has 1 aliphatic rings. The zero-order valence-corrected chi connectivity index (χ0v) is 7.63. The molecule has 1 aliphatic heterocycles. The Morgan fingerprint density at radius 1 is 1.42 bits per heavy atom. The lowest BCUT2D eigenvalue weighted by atomic mass is 9.97. The van der Waals surface area contributed by atoms with Crippen LogP contribution in [0, 0.1) is 12.8 Å². The van der Waals surface area contributed by atoms with Crippen molar-refractivity contribution in [3.8, 4) is 5.75 Å². The molecule has 2 rings (SSSR count). The average Bonchev–Trinajstić information content (AvgIpc) is 2.03. The van der Waals surface area contributed by atoms with Gasteiger partial charge in [0, 0.05) is 0 Å². The van der Waals surface area contributed by atoms with Crippen LogP contribution < -0.4 is 4.74 Å². The van der Waals surface area contributed by atoms with Gasteiger partial charge in [-0.25, -0.2) is 0 Å². The average molecular weight is 162 g/mol. The van der Waals surface area contributed by atoms with E-state index in [2.05, 4.69) is 32.0 Å². The summed E-state index contributed by atoms with van der Waals surface area (Å²) < 4.78 is 5.59. The normalized spacial score (nSPS) is 21.3. The highest BCUT2D eigenvalue weighted by atomic mass is 16.5. The van der Waals surface area contributed by atoms with Gasteiger partial charge in [0.15, 0.2) is 0 Å². The highest BCUT2D eigenvalue weighted by Crippen LogP contribution is 2.27. The van der Waals surface area contributed by atoms with E-state index in [1.54, 1.807) is 0 Å². The number of aryl methyl sites for hydroxylation is 1. The lowest BCUT2D eigenvalue weighted by molar-refractivity contribution is 0.234. The summed E-state index contributed by atoms with van der Waals surface area (Å²) in [5.74, 6) is 1.75. The predicted molar refractivity (Wildman–Crippen MR) is 49.5 cm³/mol. The van der Waals surface area contributed by atoms with Gasteiger partial charge in [0.05, 0.1) is 6.61 Å². The molecule has 0 aliphatic carbocycles. The number of hydrogen-bond acceptors (Lipinski definition) is 1. The topological polar surface area (TPSA) is 9.23 Å². The molecule has 1 aromatic carbocycles. The summed E-state index contributed by atoms with van der Waals surface area (Å²) in [6.07, 6.45) is 1.16. The van der Waals surface area contributed by atoms with Gasteiger partial charge < -0.3 is 4.74 Å². The van der Waals surface area contributed by atoms with Crippen LogP contribution in [0.5, 0.6) is 5.75 Å². The summed E-state index contributed by atoms with van der Waals surface area (Å²) in [6, 6.07) is 6.41. The fourth-order valence-electron chi connectivity index (χ4n) is 1.67. The number of fused-ring (bicyclic) bond motifs is 1. The molecule has 0 fully saturated rings. The first kappa shape index (κ1) is 7.66. The Morgan fingerprint density at radius 3 is 3.08 bits per heavy atom. The predicted octanol–water partition coefficient (Wildman–Crippen LogP) is 2.57. The Hall–Kier alpha value is -0.980. The maximum atomic E-state index is 5.59. The molecule has 0 N–H and O–H groups in total. The van der Waals surface area contributed by atoms with Crippen LogP contribution in [0.25, 0.3) is 0 Å². The molecule has 1 nitrogen and oxygen atoms in total. The SMILES string of the molecule is Cc1ccc2c(c1)C[C@@H](C)CO2. The number of rotatable bonds is 0. The van der Waals surface area contributed by atoms with E-state index in [0.717, 1.165) is 18.8 Å². The van der Waals surface area contributed by atoms with E-state index in [0.29, 0.717) is 5.92 Å². The molecule has 1 heteroatoms. The van der Waals surface area contributed by atoms with Crippen molar-refractivity contribution in [2.45, 2.75) is 20.3 Å². The van der Waals surface area contributed by atoms with E-state index >= 15 is 0 Å². The molecular formula is C11H14O. The summed E-state index contributed by atoms with van der Waals surface area (Å²) in [5.41, 5.74) is 2.69. The Kier molecular flexibility index (Phi) is 1.80. The first-order valence-corrected chi connectivity index (χ1v) is 4.48. The maximum Gasteiger partial charge on any atom is 0.122 e. The quantitative estimate of drug-likeness (QED) is 0.569. The molecular weight excluding hydrogens is 148 g/mol. The highest BCUT2D eigenvalue weighted by Gasteiger charge is 2.15. The van der Waals surface area contributed by atoms with E-state index < -0.39 is 0 Å². The third kappa shape index (κ3) is 1.31. The van der Waals surface area contributed by atoms with Crippen molar-refractivity contribution in [2.75, 3.05) is 6.61 Å². The fraction of sp³-hybridized carbons (Fsp3) is 0.455. The van der Waals surface area contributed by atoms with Crippen molar-refractivity contribution in [2.24, 2.45) is 5.92 Å². The first-order chi connectivity index (χ1) is 5.75. The van der Waals surface area contributed by atoms with E-state index in [1.807, 2.05) is 0 Å². The van der Waals surface area contributed by atoms with E-state index in [-0.39, 0.29) is 0 Å². The van der Waals surface area contributed by atoms with Crippen LogP contribution in [0.2, 0.25) is 0 Å². The van der Waals surface area contributed by atoms with E-state index in [9.17, 15) is 0 Å². The fourth-order valence-corrected chi connectivity index (χ4v) is 1.67. The zero-order chi connectivity index (χ0) is 8.55. The smallest absolute Gasteiger partial charge is 0.122 e. The molecule has 0 spiro atoms. The third-order valence-electron chi connectivity index (χ3n) is 2.31. The zero-order valence-electron chi connectivity index (χ0n) is 7.63. The molecule has 0 saturated heterocycles. The molecule has 0 saturated carbocycles. The van der Waals surface area contributed by atoms with Crippen molar-refractivity contribution >= 4 is 0 Å². The van der Waals surface area contributed by atoms with Crippen LogP contribution in [0.1, 0.15) is 18.1 Å². The van der Waals surface area contributed by atoms with Gasteiger partial charge in [0.2, 0.25) is 0 Å². The van der Waals surface area contributed by atoms with Gasteiger partial charge in [-0.05, 0) is 30.9 Å². The van der Waals surface area contributed by atoms with E-state index in [1.165, 1.54) is 11.1 Å². The summed E-state index contributed by atoms with van der Waals surface area (Å²) in [6.45, 7) is 5.22. The van der Waals surface area contributed by atoms with Gasteiger partial charge >= 0.3 is 0 Å². The van der Waals surface area contributed by atoms with Crippen LogP contribution in [0.15, 0.2) is 18.2 Å². The second-order valence-corrected chi connectivity index (χ2v) is 3.73. The third-order valence-corrected chi connectivity index (χ3v) is 2.31. The Balaban J connectivity index is 2.37. The van der Waals surface area contributed by atoms with Crippen molar-refractivity contribution in [1.82, 2.24) is 0 Å². The van der Waals surface area contributed by atoms with Crippen LogP contribution in [-0.4, -0.2) is 6.61 Å². The van der Waals surface area contributed by atoms with Gasteiger partial charge in [-0.1, -0.05) is 24.6 Å².